The maximum Gasteiger partial charge on any atom is 0.130 e. The molecule has 13 rings (SSSR count). The molecule has 330 valence electrons. The summed E-state index contributed by atoms with van der Waals surface area (Å²) in [6.45, 7) is 6.73. The van der Waals surface area contributed by atoms with E-state index in [1.165, 1.54) is 60.0 Å². The molecule has 3 aromatic heterocycles. The topological polar surface area (TPSA) is 27.1 Å². The Hall–Kier alpha value is -9.25. The van der Waals surface area contributed by atoms with E-state index >= 15 is 0 Å². The summed E-state index contributed by atoms with van der Waals surface area (Å²) < 4.78 is 6.94. The molecular formula is C66H46N4. The van der Waals surface area contributed by atoms with Gasteiger partial charge in [-0.05, 0) is 131 Å². The number of aromatic nitrogens is 3. The second kappa shape index (κ2) is 16.8. The lowest BCUT2D eigenvalue weighted by Gasteiger charge is -2.13. The number of para-hydroxylation sites is 5. The average Bonchev–Trinajstić information content (AvgIpc) is 4.07. The van der Waals surface area contributed by atoms with Crippen molar-refractivity contribution in [2.45, 2.75) is 6.92 Å². The lowest BCUT2D eigenvalue weighted by Crippen LogP contribution is -1.96. The molecule has 0 N–H and O–H groups in total. The third-order valence-electron chi connectivity index (χ3n) is 14.1. The zero-order valence-corrected chi connectivity index (χ0v) is 38.7. The fraction of sp³-hybridized carbons (Fsp3) is 0.0152. The summed E-state index contributed by atoms with van der Waals surface area (Å²) >= 11 is 0. The third kappa shape index (κ3) is 6.80. The summed E-state index contributed by atoms with van der Waals surface area (Å²) in [5.74, 6) is 0.658. The van der Waals surface area contributed by atoms with Gasteiger partial charge >= 0.3 is 0 Å². The van der Waals surface area contributed by atoms with Crippen LogP contribution in [0.4, 0.5) is 0 Å². The number of benzene rings is 10. The van der Waals surface area contributed by atoms with E-state index in [0.717, 1.165) is 61.3 Å². The Labute approximate surface area is 406 Å². The van der Waals surface area contributed by atoms with Crippen molar-refractivity contribution in [3.63, 3.8) is 0 Å². The van der Waals surface area contributed by atoms with E-state index in [-0.39, 0.29) is 0 Å². The van der Waals surface area contributed by atoms with Gasteiger partial charge in [-0.25, -0.2) is 4.99 Å². The molecule has 10 aromatic carbocycles. The van der Waals surface area contributed by atoms with E-state index in [9.17, 15) is 0 Å². The summed E-state index contributed by atoms with van der Waals surface area (Å²) in [7, 11) is 0. The highest BCUT2D eigenvalue weighted by molar-refractivity contribution is 6.21. The molecule has 0 aliphatic heterocycles. The van der Waals surface area contributed by atoms with Gasteiger partial charge in [0.15, 0.2) is 0 Å². The first-order valence-corrected chi connectivity index (χ1v) is 23.9. The van der Waals surface area contributed by atoms with Gasteiger partial charge in [0, 0.05) is 55.5 Å². The van der Waals surface area contributed by atoms with Gasteiger partial charge in [-0.3, -0.25) is 4.57 Å². The monoisotopic (exact) mass is 894 g/mol. The van der Waals surface area contributed by atoms with Crippen molar-refractivity contribution in [3.8, 4) is 33.6 Å². The fourth-order valence-corrected chi connectivity index (χ4v) is 10.7. The zero-order valence-electron chi connectivity index (χ0n) is 38.7. The van der Waals surface area contributed by atoms with Gasteiger partial charge < -0.3 is 9.13 Å². The maximum atomic E-state index is 5.16. The first-order chi connectivity index (χ1) is 34.6. The van der Waals surface area contributed by atoms with E-state index in [1.807, 2.05) is 6.21 Å². The molecule has 0 unspecified atom stereocenters. The Morgan fingerprint density at radius 1 is 0.357 bits per heavy atom. The van der Waals surface area contributed by atoms with Crippen molar-refractivity contribution in [2.75, 3.05) is 0 Å². The highest BCUT2D eigenvalue weighted by Crippen LogP contribution is 2.40. The summed E-state index contributed by atoms with van der Waals surface area (Å²) in [5, 5.41) is 7.26. The highest BCUT2D eigenvalue weighted by Gasteiger charge is 2.18. The van der Waals surface area contributed by atoms with Crippen molar-refractivity contribution in [3.05, 3.63) is 260 Å². The van der Waals surface area contributed by atoms with Crippen LogP contribution >= 0.6 is 0 Å². The predicted molar refractivity (Wildman–Crippen MR) is 298 cm³/mol. The molecule has 0 radical (unpaired) electrons. The standard InChI is InChI=1S/C66H46N4/c1-44(46-19-6-3-7-20-46)60(43-67-45(2)68-61-30-15-12-27-54(61)55-28-13-16-31-62(55)68)51-22-18-21-47(39-51)48-33-37-65-58(41-48)59-42-50(35-38-66(59)70(65)53-25-10-5-11-26-53)49-34-36-64-57(40-49)56-29-14-17-32-63(56)69(64)52-23-8-4-9-24-52/h3-43H,2H2,1H3/b60-44-,67-43?. The van der Waals surface area contributed by atoms with Gasteiger partial charge in [-0.15, -0.1) is 0 Å². The number of aliphatic imine (C=N–C) groups is 1. The van der Waals surface area contributed by atoms with Crippen LogP contribution in [0.15, 0.2) is 254 Å². The number of nitrogens with zero attached hydrogens (tertiary/aromatic N) is 4. The van der Waals surface area contributed by atoms with Gasteiger partial charge in [0.25, 0.3) is 0 Å². The first-order valence-electron chi connectivity index (χ1n) is 23.9. The zero-order chi connectivity index (χ0) is 46.7. The molecule has 0 aliphatic rings. The van der Waals surface area contributed by atoms with Crippen molar-refractivity contribution in [2.24, 2.45) is 4.99 Å². The minimum atomic E-state index is 0.658. The third-order valence-corrected chi connectivity index (χ3v) is 14.1. The van der Waals surface area contributed by atoms with Gasteiger partial charge in [-0.1, -0.05) is 164 Å². The molecule has 0 saturated heterocycles. The van der Waals surface area contributed by atoms with Gasteiger partial charge in [0.2, 0.25) is 0 Å². The molecule has 70 heavy (non-hydrogen) atoms. The SMILES string of the molecule is C=C(N=C/C(=C(\C)c1ccccc1)c1cccc(-c2ccc3c(c2)c2cc(-c4ccc5c(c4)c4ccccc4n5-c4ccccc4)ccc2n3-c2ccccc2)c1)n1c2ccccc2c2ccccc21. The lowest BCUT2D eigenvalue weighted by molar-refractivity contribution is 1.18. The Bertz CT molecular complexity index is 4190. The molecule has 0 amide bonds. The minimum absolute atomic E-state index is 0.658. The average molecular weight is 895 g/mol. The summed E-state index contributed by atoms with van der Waals surface area (Å²) in [6.07, 6.45) is 2.00. The van der Waals surface area contributed by atoms with Crippen LogP contribution in [-0.4, -0.2) is 19.9 Å². The van der Waals surface area contributed by atoms with Crippen LogP contribution in [0.3, 0.4) is 0 Å². The summed E-state index contributed by atoms with van der Waals surface area (Å²) in [5.41, 5.74) is 18.2. The number of fused-ring (bicyclic) bond motifs is 9. The van der Waals surface area contributed by atoms with E-state index < -0.39 is 0 Å². The van der Waals surface area contributed by atoms with E-state index in [2.05, 4.69) is 270 Å². The van der Waals surface area contributed by atoms with Crippen LogP contribution in [0.1, 0.15) is 18.1 Å². The molecule has 4 heteroatoms. The minimum Gasteiger partial charge on any atom is -0.309 e. The molecule has 0 fully saturated rings. The summed E-state index contributed by atoms with van der Waals surface area (Å²) in [6, 6.07) is 87.4. The Morgan fingerprint density at radius 3 is 1.26 bits per heavy atom. The van der Waals surface area contributed by atoms with Crippen molar-refractivity contribution >= 4 is 88.6 Å². The molecule has 3 heterocycles. The quantitative estimate of drug-likeness (QED) is 0.102. The molecule has 13 aromatic rings. The number of rotatable bonds is 9. The van der Waals surface area contributed by atoms with Crippen LogP contribution in [0.5, 0.6) is 0 Å². The van der Waals surface area contributed by atoms with Gasteiger partial charge in [-0.2, -0.15) is 0 Å². The van der Waals surface area contributed by atoms with Crippen LogP contribution < -0.4 is 0 Å². The molecule has 0 aliphatic carbocycles. The lowest BCUT2D eigenvalue weighted by atomic mass is 9.93. The molecular weight excluding hydrogens is 849 g/mol. The molecule has 0 saturated carbocycles. The maximum absolute atomic E-state index is 5.16. The smallest absolute Gasteiger partial charge is 0.130 e. The van der Waals surface area contributed by atoms with E-state index in [0.29, 0.717) is 5.82 Å². The van der Waals surface area contributed by atoms with Crippen molar-refractivity contribution < 1.29 is 0 Å². The molecule has 0 atom stereocenters. The van der Waals surface area contributed by atoms with Crippen LogP contribution in [-0.2, 0) is 0 Å². The largest absolute Gasteiger partial charge is 0.309 e. The number of hydrogen-bond acceptors (Lipinski definition) is 1. The highest BCUT2D eigenvalue weighted by atomic mass is 15.1. The van der Waals surface area contributed by atoms with E-state index in [1.54, 1.807) is 0 Å². The normalized spacial score (nSPS) is 12.3. The second-order valence-corrected chi connectivity index (χ2v) is 18.1. The van der Waals surface area contributed by atoms with Crippen LogP contribution in [0.25, 0.3) is 116 Å². The number of hydrogen-bond donors (Lipinski definition) is 0. The molecule has 0 spiro atoms. The predicted octanol–water partition coefficient (Wildman–Crippen LogP) is 17.5. The first kappa shape index (κ1) is 41.0. The van der Waals surface area contributed by atoms with Gasteiger partial charge in [0.05, 0.1) is 33.1 Å². The van der Waals surface area contributed by atoms with Crippen LogP contribution in [0.2, 0.25) is 0 Å². The van der Waals surface area contributed by atoms with Crippen molar-refractivity contribution in [1.29, 1.82) is 0 Å². The fourth-order valence-electron chi connectivity index (χ4n) is 10.7. The van der Waals surface area contributed by atoms with Crippen molar-refractivity contribution in [1.82, 2.24) is 13.7 Å². The Morgan fingerprint density at radius 2 is 0.743 bits per heavy atom. The van der Waals surface area contributed by atoms with Gasteiger partial charge in [0.1, 0.15) is 5.82 Å². The summed E-state index contributed by atoms with van der Waals surface area (Å²) in [4.78, 5) is 5.16. The Balaban J connectivity index is 0.938. The van der Waals surface area contributed by atoms with Crippen LogP contribution in [0, 0.1) is 0 Å². The van der Waals surface area contributed by atoms with E-state index in [4.69, 9.17) is 4.99 Å². The molecule has 4 nitrogen and oxygen atoms in total. The Kier molecular flexibility index (Phi) is 9.84. The second-order valence-electron chi connectivity index (χ2n) is 18.1. The molecule has 0 bridgehead atoms. The number of allylic oxidation sites excluding steroid dienone is 2.